The van der Waals surface area contributed by atoms with Crippen LogP contribution in [0.5, 0.6) is 0 Å². The zero-order valence-electron chi connectivity index (χ0n) is 14.8. The topological polar surface area (TPSA) is 73.0 Å². The van der Waals surface area contributed by atoms with Crippen LogP contribution in [0.2, 0.25) is 0 Å². The van der Waals surface area contributed by atoms with Crippen molar-refractivity contribution in [3.05, 3.63) is 56.9 Å². The van der Waals surface area contributed by atoms with Crippen molar-refractivity contribution in [3.63, 3.8) is 0 Å². The van der Waals surface area contributed by atoms with Crippen LogP contribution in [0.1, 0.15) is 24.2 Å². The van der Waals surface area contributed by atoms with Crippen molar-refractivity contribution >= 4 is 0 Å². The van der Waals surface area contributed by atoms with Crippen molar-refractivity contribution in [2.75, 3.05) is 13.1 Å². The van der Waals surface area contributed by atoms with E-state index in [1.807, 2.05) is 0 Å². The highest BCUT2D eigenvalue weighted by molar-refractivity contribution is 5.04. The lowest BCUT2D eigenvalue weighted by Gasteiger charge is -2.31. The van der Waals surface area contributed by atoms with E-state index in [1.165, 1.54) is 15.3 Å². The Bertz CT molecular complexity index is 914. The van der Waals surface area contributed by atoms with Gasteiger partial charge in [-0.3, -0.25) is 24.0 Å². The molecule has 7 nitrogen and oxygen atoms in total. The lowest BCUT2D eigenvalue weighted by molar-refractivity contribution is -0.141. The summed E-state index contributed by atoms with van der Waals surface area (Å²) in [5.41, 5.74) is -1.20. The standard InChI is InChI=1S/C17H20F3N5O2/c1-23-9-13(21-7-16(23)27)10-24-4-2-12(3-5-24)8-25-11-22-14(6-15(25)26)17(18,19)20/h6-7,9,11-12H,2-5,8,10H2,1H3. The van der Waals surface area contributed by atoms with E-state index in [-0.39, 0.29) is 11.5 Å². The molecule has 146 valence electrons. The molecule has 0 unspecified atom stereocenters. The van der Waals surface area contributed by atoms with Gasteiger partial charge in [0, 0.05) is 32.4 Å². The summed E-state index contributed by atoms with van der Waals surface area (Å²) < 4.78 is 40.5. The summed E-state index contributed by atoms with van der Waals surface area (Å²) in [5, 5.41) is 0. The van der Waals surface area contributed by atoms with E-state index in [1.54, 1.807) is 13.2 Å². The molecule has 3 heterocycles. The number of aryl methyl sites for hydroxylation is 1. The van der Waals surface area contributed by atoms with Gasteiger partial charge in [-0.05, 0) is 31.8 Å². The SMILES string of the molecule is Cn1cc(CN2CCC(Cn3cnc(C(F)(F)F)cc3=O)CC2)ncc1=O. The first-order valence-electron chi connectivity index (χ1n) is 8.60. The quantitative estimate of drug-likeness (QED) is 0.795. The molecule has 2 aromatic heterocycles. The fraction of sp³-hybridized carbons (Fsp3) is 0.529. The molecule has 10 heteroatoms. The molecule has 0 radical (unpaired) electrons. The Balaban J connectivity index is 1.56. The molecule has 0 amide bonds. The Kier molecular flexibility index (Phi) is 5.45. The third-order valence-electron chi connectivity index (χ3n) is 4.75. The molecule has 1 aliphatic heterocycles. The number of nitrogens with zero attached hydrogens (tertiary/aromatic N) is 5. The zero-order chi connectivity index (χ0) is 19.6. The number of aromatic nitrogens is 4. The van der Waals surface area contributed by atoms with Crippen molar-refractivity contribution in [1.29, 1.82) is 0 Å². The first kappa shape index (κ1) is 19.3. The van der Waals surface area contributed by atoms with Crippen molar-refractivity contribution < 1.29 is 13.2 Å². The molecule has 0 bridgehead atoms. The smallest absolute Gasteiger partial charge is 0.315 e. The van der Waals surface area contributed by atoms with Gasteiger partial charge in [-0.25, -0.2) is 4.98 Å². The summed E-state index contributed by atoms with van der Waals surface area (Å²) in [6.07, 6.45) is 1.01. The average molecular weight is 383 g/mol. The number of hydrogen-bond acceptors (Lipinski definition) is 5. The van der Waals surface area contributed by atoms with Crippen LogP contribution in [-0.2, 0) is 26.3 Å². The minimum atomic E-state index is -4.61. The lowest BCUT2D eigenvalue weighted by Crippen LogP contribution is -2.36. The van der Waals surface area contributed by atoms with Crippen LogP contribution in [-0.4, -0.2) is 37.1 Å². The van der Waals surface area contributed by atoms with E-state index in [0.717, 1.165) is 38.0 Å². The second-order valence-electron chi connectivity index (χ2n) is 6.81. The number of halogens is 3. The largest absolute Gasteiger partial charge is 0.433 e. The number of likely N-dealkylation sites (tertiary alicyclic amines) is 1. The van der Waals surface area contributed by atoms with Gasteiger partial charge in [-0.15, -0.1) is 0 Å². The monoisotopic (exact) mass is 383 g/mol. The zero-order valence-corrected chi connectivity index (χ0v) is 14.8. The third kappa shape index (κ3) is 4.82. The van der Waals surface area contributed by atoms with Gasteiger partial charge < -0.3 is 4.57 Å². The van der Waals surface area contributed by atoms with E-state index >= 15 is 0 Å². The van der Waals surface area contributed by atoms with Gasteiger partial charge in [0.05, 0.1) is 18.2 Å². The van der Waals surface area contributed by atoms with Gasteiger partial charge in [-0.2, -0.15) is 13.2 Å². The van der Waals surface area contributed by atoms with Crippen LogP contribution in [0.15, 0.2) is 34.4 Å². The Morgan fingerprint density at radius 3 is 2.44 bits per heavy atom. The molecule has 0 aliphatic carbocycles. The first-order valence-corrected chi connectivity index (χ1v) is 8.60. The fourth-order valence-corrected chi connectivity index (χ4v) is 3.18. The van der Waals surface area contributed by atoms with Crippen molar-refractivity contribution in [2.24, 2.45) is 13.0 Å². The third-order valence-corrected chi connectivity index (χ3v) is 4.75. The van der Waals surface area contributed by atoms with Crippen molar-refractivity contribution in [3.8, 4) is 0 Å². The van der Waals surface area contributed by atoms with E-state index in [2.05, 4.69) is 14.9 Å². The Labute approximate surface area is 153 Å². The molecule has 0 saturated carbocycles. The summed E-state index contributed by atoms with van der Waals surface area (Å²) >= 11 is 0. The molecule has 0 atom stereocenters. The lowest BCUT2D eigenvalue weighted by atomic mass is 9.96. The summed E-state index contributed by atoms with van der Waals surface area (Å²) in [6, 6.07) is 0.542. The average Bonchev–Trinajstić information content (AvgIpc) is 2.61. The second kappa shape index (κ2) is 7.63. The summed E-state index contributed by atoms with van der Waals surface area (Å²) in [7, 11) is 1.68. The Morgan fingerprint density at radius 2 is 1.85 bits per heavy atom. The molecule has 1 aliphatic rings. The van der Waals surface area contributed by atoms with Gasteiger partial charge >= 0.3 is 6.18 Å². The predicted octanol–water partition coefficient (Wildman–Crippen LogP) is 1.27. The fourth-order valence-electron chi connectivity index (χ4n) is 3.18. The number of alkyl halides is 3. The van der Waals surface area contributed by atoms with Gasteiger partial charge in [0.2, 0.25) is 0 Å². The highest BCUT2D eigenvalue weighted by atomic mass is 19.4. The Hall–Kier alpha value is -2.49. The molecular formula is C17H20F3N5O2. The predicted molar refractivity (Wildman–Crippen MR) is 91.0 cm³/mol. The normalized spacial score (nSPS) is 16.6. The minimum Gasteiger partial charge on any atom is -0.315 e. The molecule has 0 spiro atoms. The van der Waals surface area contributed by atoms with Crippen LogP contribution in [0, 0.1) is 5.92 Å². The number of piperidine rings is 1. The van der Waals surface area contributed by atoms with Gasteiger partial charge in [0.25, 0.3) is 11.1 Å². The van der Waals surface area contributed by atoms with Gasteiger partial charge in [0.1, 0.15) is 0 Å². The van der Waals surface area contributed by atoms with Crippen LogP contribution < -0.4 is 11.1 Å². The van der Waals surface area contributed by atoms with E-state index in [4.69, 9.17) is 0 Å². The first-order chi connectivity index (χ1) is 12.7. The second-order valence-corrected chi connectivity index (χ2v) is 6.81. The van der Waals surface area contributed by atoms with Crippen LogP contribution in [0.3, 0.4) is 0 Å². The maximum absolute atomic E-state index is 12.6. The van der Waals surface area contributed by atoms with E-state index in [9.17, 15) is 22.8 Å². The van der Waals surface area contributed by atoms with Gasteiger partial charge in [-0.1, -0.05) is 0 Å². The van der Waals surface area contributed by atoms with Crippen molar-refractivity contribution in [1.82, 2.24) is 24.0 Å². The van der Waals surface area contributed by atoms with E-state index in [0.29, 0.717) is 19.2 Å². The highest BCUT2D eigenvalue weighted by Crippen LogP contribution is 2.26. The van der Waals surface area contributed by atoms with Crippen LogP contribution >= 0.6 is 0 Å². The highest BCUT2D eigenvalue weighted by Gasteiger charge is 2.33. The summed E-state index contributed by atoms with van der Waals surface area (Å²) in [5.74, 6) is 0.200. The van der Waals surface area contributed by atoms with E-state index < -0.39 is 17.4 Å². The van der Waals surface area contributed by atoms with Crippen molar-refractivity contribution in [2.45, 2.75) is 32.1 Å². The molecule has 1 fully saturated rings. The minimum absolute atomic E-state index is 0.159. The van der Waals surface area contributed by atoms with Crippen LogP contribution in [0.25, 0.3) is 0 Å². The molecule has 2 aromatic rings. The molecule has 27 heavy (non-hydrogen) atoms. The Morgan fingerprint density at radius 1 is 1.15 bits per heavy atom. The maximum atomic E-state index is 12.6. The van der Waals surface area contributed by atoms with Crippen LogP contribution in [0.4, 0.5) is 13.2 Å². The molecule has 1 saturated heterocycles. The molecular weight excluding hydrogens is 363 g/mol. The van der Waals surface area contributed by atoms with Gasteiger partial charge in [0.15, 0.2) is 5.69 Å². The summed E-state index contributed by atoms with van der Waals surface area (Å²) in [6.45, 7) is 2.56. The number of rotatable bonds is 4. The summed E-state index contributed by atoms with van der Waals surface area (Å²) in [4.78, 5) is 33.0. The molecule has 0 N–H and O–H groups in total. The molecule has 0 aromatic carbocycles. The number of hydrogen-bond donors (Lipinski definition) is 0. The molecule has 3 rings (SSSR count). The maximum Gasteiger partial charge on any atom is 0.433 e.